The number of fused-ring (bicyclic) bond motifs is 1. The Kier molecular flexibility index (Phi) is 4.47. The number of aliphatic hydroxyl groups is 1. The van der Waals surface area contributed by atoms with Gasteiger partial charge in [0.15, 0.2) is 5.82 Å². The van der Waals surface area contributed by atoms with E-state index in [2.05, 4.69) is 15.5 Å². The Morgan fingerprint density at radius 2 is 2.14 bits per heavy atom. The quantitative estimate of drug-likeness (QED) is 0.724. The maximum Gasteiger partial charge on any atom is 0.293 e. The minimum absolute atomic E-state index is 0.0523. The maximum atomic E-state index is 13.0. The minimum Gasteiger partial charge on any atom is -0.390 e. The fourth-order valence-electron chi connectivity index (χ4n) is 4.44. The van der Waals surface area contributed by atoms with Crippen LogP contribution in [0.25, 0.3) is 5.52 Å². The van der Waals surface area contributed by atoms with Crippen molar-refractivity contribution in [2.24, 2.45) is 5.92 Å². The molecular weight excluding hydrogens is 374 g/mol. The highest BCUT2D eigenvalue weighted by molar-refractivity contribution is 5.76. The average Bonchev–Trinajstić information content (AvgIpc) is 3.17. The van der Waals surface area contributed by atoms with Crippen LogP contribution in [-0.4, -0.2) is 55.3 Å². The summed E-state index contributed by atoms with van der Waals surface area (Å²) in [6.07, 6.45) is 4.88. The Balaban J connectivity index is 1.42. The van der Waals surface area contributed by atoms with Crippen LogP contribution < -0.4 is 10.9 Å². The van der Waals surface area contributed by atoms with Gasteiger partial charge < -0.3 is 15.2 Å². The molecule has 9 heteroatoms. The van der Waals surface area contributed by atoms with Crippen LogP contribution in [0.2, 0.25) is 0 Å². The van der Waals surface area contributed by atoms with Crippen LogP contribution in [0.1, 0.15) is 56.5 Å². The van der Waals surface area contributed by atoms with E-state index >= 15 is 0 Å². The summed E-state index contributed by atoms with van der Waals surface area (Å²) >= 11 is 0. The van der Waals surface area contributed by atoms with Crippen LogP contribution in [0, 0.1) is 5.92 Å². The highest BCUT2D eigenvalue weighted by Gasteiger charge is 2.39. The van der Waals surface area contributed by atoms with Gasteiger partial charge in [-0.1, -0.05) is 0 Å². The third-order valence-corrected chi connectivity index (χ3v) is 6.18. The first-order chi connectivity index (χ1) is 13.9. The maximum absolute atomic E-state index is 13.0. The van der Waals surface area contributed by atoms with Gasteiger partial charge in [0.2, 0.25) is 5.91 Å². The van der Waals surface area contributed by atoms with Crippen LogP contribution in [0.5, 0.6) is 0 Å². The van der Waals surface area contributed by atoms with Gasteiger partial charge >= 0.3 is 0 Å². The fraction of sp³-hybridized carbons (Fsp3) is 0.700. The molecule has 2 saturated carbocycles. The van der Waals surface area contributed by atoms with E-state index in [-0.39, 0.29) is 24.1 Å². The lowest BCUT2D eigenvalue weighted by Crippen LogP contribution is -2.54. The van der Waals surface area contributed by atoms with E-state index in [0.717, 1.165) is 31.6 Å². The van der Waals surface area contributed by atoms with Gasteiger partial charge in [-0.3, -0.25) is 9.59 Å². The number of amides is 1. The predicted molar refractivity (Wildman–Crippen MR) is 104 cm³/mol. The SMILES string of the molecule is C[C@]1(O)C[C@@H](NC(=O)Cn2nc(CC3CCOC3)n3nc(C4CC4)cc3c2=O)C1. The average molecular weight is 401 g/mol. The number of carbonyl (C=O) groups is 1. The van der Waals surface area contributed by atoms with E-state index in [1.54, 1.807) is 11.4 Å². The zero-order valence-corrected chi connectivity index (χ0v) is 16.6. The molecule has 156 valence electrons. The van der Waals surface area contributed by atoms with E-state index < -0.39 is 5.60 Å². The largest absolute Gasteiger partial charge is 0.390 e. The summed E-state index contributed by atoms with van der Waals surface area (Å²) in [6.45, 7) is 3.05. The lowest BCUT2D eigenvalue weighted by Gasteiger charge is -2.41. The number of aromatic nitrogens is 4. The molecule has 0 radical (unpaired) electrons. The molecule has 3 heterocycles. The Morgan fingerprint density at radius 1 is 1.34 bits per heavy atom. The molecule has 1 amide bonds. The minimum atomic E-state index is -0.709. The van der Waals surface area contributed by atoms with Gasteiger partial charge in [-0.15, -0.1) is 0 Å². The summed E-state index contributed by atoms with van der Waals surface area (Å²) in [5, 5.41) is 21.9. The van der Waals surface area contributed by atoms with Gasteiger partial charge in [-0.25, -0.2) is 9.20 Å². The first kappa shape index (κ1) is 18.7. The molecule has 3 fully saturated rings. The summed E-state index contributed by atoms with van der Waals surface area (Å²) in [5.41, 5.74) is 0.410. The Labute approximate surface area is 168 Å². The lowest BCUT2D eigenvalue weighted by atomic mass is 9.77. The van der Waals surface area contributed by atoms with Crippen LogP contribution in [0.4, 0.5) is 0 Å². The summed E-state index contributed by atoms with van der Waals surface area (Å²) < 4.78 is 8.41. The van der Waals surface area contributed by atoms with Crippen molar-refractivity contribution >= 4 is 11.4 Å². The van der Waals surface area contributed by atoms with E-state index in [4.69, 9.17) is 4.74 Å². The van der Waals surface area contributed by atoms with Crippen molar-refractivity contribution in [2.45, 2.75) is 69.6 Å². The lowest BCUT2D eigenvalue weighted by molar-refractivity contribution is -0.125. The second-order valence-electron chi connectivity index (χ2n) is 9.12. The normalized spacial score (nSPS) is 29.2. The topological polar surface area (TPSA) is 111 Å². The molecule has 1 saturated heterocycles. The molecule has 2 aromatic rings. The van der Waals surface area contributed by atoms with Crippen LogP contribution in [0.3, 0.4) is 0 Å². The van der Waals surface area contributed by atoms with Crippen molar-refractivity contribution in [1.82, 2.24) is 24.7 Å². The molecule has 2 aromatic heterocycles. The molecule has 0 spiro atoms. The molecule has 0 aromatic carbocycles. The molecule has 2 N–H and O–H groups in total. The van der Waals surface area contributed by atoms with E-state index in [0.29, 0.717) is 49.0 Å². The Hall–Kier alpha value is -2.26. The monoisotopic (exact) mass is 401 g/mol. The van der Waals surface area contributed by atoms with E-state index in [1.165, 1.54) is 4.68 Å². The fourth-order valence-corrected chi connectivity index (χ4v) is 4.44. The predicted octanol–water partition coefficient (Wildman–Crippen LogP) is 0.377. The van der Waals surface area contributed by atoms with Crippen LogP contribution in [0.15, 0.2) is 10.9 Å². The van der Waals surface area contributed by atoms with Crippen LogP contribution in [-0.2, 0) is 22.5 Å². The van der Waals surface area contributed by atoms with E-state index in [9.17, 15) is 14.7 Å². The van der Waals surface area contributed by atoms with Crippen molar-refractivity contribution in [3.8, 4) is 0 Å². The number of ether oxygens (including phenoxy) is 1. The number of hydrogen-bond donors (Lipinski definition) is 2. The Bertz CT molecular complexity index is 992. The molecule has 29 heavy (non-hydrogen) atoms. The van der Waals surface area contributed by atoms with Crippen molar-refractivity contribution < 1.29 is 14.6 Å². The molecule has 9 nitrogen and oxygen atoms in total. The number of nitrogens with one attached hydrogen (secondary N) is 1. The van der Waals surface area contributed by atoms with Crippen LogP contribution >= 0.6 is 0 Å². The molecule has 1 unspecified atom stereocenters. The van der Waals surface area contributed by atoms with Gasteiger partial charge in [-0.2, -0.15) is 10.2 Å². The zero-order valence-electron chi connectivity index (χ0n) is 16.6. The third-order valence-electron chi connectivity index (χ3n) is 6.18. The highest BCUT2D eigenvalue weighted by Crippen LogP contribution is 2.39. The molecular formula is C20H27N5O4. The number of hydrogen-bond acceptors (Lipinski definition) is 6. The van der Waals surface area contributed by atoms with Gasteiger partial charge in [0.05, 0.1) is 11.3 Å². The smallest absolute Gasteiger partial charge is 0.293 e. The first-order valence-corrected chi connectivity index (χ1v) is 10.5. The van der Waals surface area contributed by atoms with Gasteiger partial charge in [0, 0.05) is 31.6 Å². The first-order valence-electron chi connectivity index (χ1n) is 10.5. The van der Waals surface area contributed by atoms with Gasteiger partial charge in [0.1, 0.15) is 12.1 Å². The van der Waals surface area contributed by atoms with Crippen molar-refractivity contribution in [3.05, 3.63) is 27.9 Å². The summed E-state index contributed by atoms with van der Waals surface area (Å²) in [7, 11) is 0. The van der Waals surface area contributed by atoms with E-state index in [1.807, 2.05) is 6.07 Å². The second kappa shape index (κ2) is 6.91. The second-order valence-corrected chi connectivity index (χ2v) is 9.12. The summed E-state index contributed by atoms with van der Waals surface area (Å²) in [5.74, 6) is 1.21. The molecule has 3 aliphatic rings. The number of carbonyl (C=O) groups excluding carboxylic acids is 1. The zero-order chi connectivity index (χ0) is 20.2. The Morgan fingerprint density at radius 3 is 2.79 bits per heavy atom. The van der Waals surface area contributed by atoms with Gasteiger partial charge in [-0.05, 0) is 51.0 Å². The molecule has 1 atom stereocenters. The van der Waals surface area contributed by atoms with Gasteiger partial charge in [0.25, 0.3) is 5.56 Å². The number of rotatable bonds is 6. The molecule has 1 aliphatic heterocycles. The molecule has 0 bridgehead atoms. The highest BCUT2D eigenvalue weighted by atomic mass is 16.5. The summed E-state index contributed by atoms with van der Waals surface area (Å²) in [4.78, 5) is 25.4. The third kappa shape index (κ3) is 3.81. The molecule has 2 aliphatic carbocycles. The van der Waals surface area contributed by atoms with Crippen molar-refractivity contribution in [1.29, 1.82) is 0 Å². The molecule has 5 rings (SSSR count). The summed E-state index contributed by atoms with van der Waals surface area (Å²) in [6, 6.07) is 1.80. The van der Waals surface area contributed by atoms with Crippen molar-refractivity contribution in [3.63, 3.8) is 0 Å². The number of nitrogens with zero attached hydrogens (tertiary/aromatic N) is 4. The standard InChI is InChI=1S/C20H27N5O4/c1-20(28)8-14(9-20)21-18(26)10-24-19(27)16-7-15(13-2-3-13)22-25(16)17(23-24)6-12-4-5-29-11-12/h7,12-14,28H,2-6,8-11H2,1H3,(H,21,26)/t12?,14-,20+. The van der Waals surface area contributed by atoms with Crippen molar-refractivity contribution in [2.75, 3.05) is 13.2 Å².